The van der Waals surface area contributed by atoms with E-state index in [1.807, 2.05) is 6.08 Å². The molecule has 2 unspecified atom stereocenters. The zero-order chi connectivity index (χ0) is 56.4. The third kappa shape index (κ3) is 63.5. The van der Waals surface area contributed by atoms with E-state index in [1.54, 1.807) is 6.08 Å². The fourth-order valence-corrected chi connectivity index (χ4v) is 11.3. The number of ether oxygens (including phenoxy) is 1. The number of amides is 1. The maximum absolute atomic E-state index is 12.4. The molecule has 0 aromatic carbocycles. The summed E-state index contributed by atoms with van der Waals surface area (Å²) in [4.78, 5) is 24.5. The minimum absolute atomic E-state index is 0.0211. The highest BCUT2D eigenvalue weighted by Gasteiger charge is 2.18. The lowest BCUT2D eigenvalue weighted by Crippen LogP contribution is -2.45. The van der Waals surface area contributed by atoms with Gasteiger partial charge in [-0.05, 0) is 57.8 Å². The standard InChI is InChI=1S/C72H139NO5/c1-3-5-7-9-11-13-15-16-17-18-33-37-40-43-46-50-54-58-62-66-72(77)78-67-63-59-55-51-47-44-41-38-35-32-30-28-26-24-22-20-19-21-23-25-27-29-31-34-36-39-42-45-49-53-57-61-65-71(76)73-69(68-74)70(75)64-60-56-52-48-14-12-10-8-6-4-2/h16-17,60,64,69-70,74-75H,3-15,18-59,61-63,65-68H2,1-2H3,(H,73,76)/b17-16-,64-60+. The van der Waals surface area contributed by atoms with Gasteiger partial charge in [-0.25, -0.2) is 0 Å². The lowest BCUT2D eigenvalue weighted by molar-refractivity contribution is -0.143. The van der Waals surface area contributed by atoms with Crippen LogP contribution in [0.5, 0.6) is 0 Å². The van der Waals surface area contributed by atoms with Gasteiger partial charge < -0.3 is 20.3 Å². The molecule has 1 amide bonds. The Labute approximate surface area is 488 Å². The van der Waals surface area contributed by atoms with E-state index in [0.29, 0.717) is 19.4 Å². The van der Waals surface area contributed by atoms with E-state index in [-0.39, 0.29) is 18.5 Å². The normalized spacial score (nSPS) is 12.6. The molecule has 0 aromatic rings. The van der Waals surface area contributed by atoms with Crippen molar-refractivity contribution in [1.82, 2.24) is 5.32 Å². The second kappa shape index (κ2) is 67.8. The molecular weight excluding hydrogens is 959 g/mol. The van der Waals surface area contributed by atoms with Gasteiger partial charge in [0.2, 0.25) is 5.91 Å². The molecule has 0 saturated heterocycles. The third-order valence-electron chi connectivity index (χ3n) is 16.7. The van der Waals surface area contributed by atoms with E-state index in [9.17, 15) is 19.8 Å². The molecule has 0 aliphatic carbocycles. The first-order valence-corrected chi connectivity index (χ1v) is 35.6. The van der Waals surface area contributed by atoms with Crippen LogP contribution < -0.4 is 5.32 Å². The van der Waals surface area contributed by atoms with Gasteiger partial charge in [0.05, 0.1) is 25.4 Å². The molecule has 0 fully saturated rings. The highest BCUT2D eigenvalue weighted by Crippen LogP contribution is 2.19. The van der Waals surface area contributed by atoms with Crippen molar-refractivity contribution in [3.8, 4) is 0 Å². The van der Waals surface area contributed by atoms with Crippen molar-refractivity contribution in [3.05, 3.63) is 24.3 Å². The Bertz CT molecular complexity index is 1220. The zero-order valence-corrected chi connectivity index (χ0v) is 52.9. The van der Waals surface area contributed by atoms with Crippen LogP contribution in [0.25, 0.3) is 0 Å². The number of aliphatic hydroxyl groups is 2. The summed E-state index contributed by atoms with van der Waals surface area (Å²) >= 11 is 0. The van der Waals surface area contributed by atoms with Gasteiger partial charge in [0.15, 0.2) is 0 Å². The zero-order valence-electron chi connectivity index (χ0n) is 52.9. The monoisotopic (exact) mass is 1100 g/mol. The maximum atomic E-state index is 12.4. The molecule has 0 bridgehead atoms. The first-order chi connectivity index (χ1) is 38.5. The van der Waals surface area contributed by atoms with Crippen molar-refractivity contribution in [2.75, 3.05) is 13.2 Å². The number of carbonyl (C=O) groups excluding carboxylic acids is 2. The van der Waals surface area contributed by atoms with Gasteiger partial charge in [-0.3, -0.25) is 9.59 Å². The molecule has 0 saturated carbocycles. The topological polar surface area (TPSA) is 95.9 Å². The Hall–Kier alpha value is -1.66. The molecule has 0 radical (unpaired) electrons. The summed E-state index contributed by atoms with van der Waals surface area (Å²) in [6.07, 6.45) is 85.7. The molecule has 0 aromatic heterocycles. The summed E-state index contributed by atoms with van der Waals surface area (Å²) in [7, 11) is 0. The highest BCUT2D eigenvalue weighted by molar-refractivity contribution is 5.76. The molecule has 0 aliphatic rings. The van der Waals surface area contributed by atoms with Gasteiger partial charge >= 0.3 is 5.97 Å². The number of esters is 1. The molecule has 0 spiro atoms. The molecular formula is C72H139NO5. The number of nitrogens with one attached hydrogen (secondary N) is 1. The van der Waals surface area contributed by atoms with Crippen molar-refractivity contribution >= 4 is 11.9 Å². The summed E-state index contributed by atoms with van der Waals surface area (Å²) < 4.78 is 5.51. The maximum Gasteiger partial charge on any atom is 0.305 e. The first-order valence-electron chi connectivity index (χ1n) is 35.6. The van der Waals surface area contributed by atoms with Crippen molar-refractivity contribution in [1.29, 1.82) is 0 Å². The molecule has 6 heteroatoms. The average Bonchev–Trinajstić information content (AvgIpc) is 3.44. The number of aliphatic hydroxyl groups excluding tert-OH is 2. The molecule has 0 heterocycles. The molecule has 0 aliphatic heterocycles. The number of unbranched alkanes of at least 4 members (excludes halogenated alkanes) is 54. The van der Waals surface area contributed by atoms with Crippen LogP contribution in [0.1, 0.15) is 399 Å². The fourth-order valence-electron chi connectivity index (χ4n) is 11.3. The summed E-state index contributed by atoms with van der Waals surface area (Å²) in [5.74, 6) is -0.0426. The second-order valence-corrected chi connectivity index (χ2v) is 24.6. The van der Waals surface area contributed by atoms with Crippen molar-refractivity contribution in [2.24, 2.45) is 0 Å². The minimum Gasteiger partial charge on any atom is -0.466 e. The fraction of sp³-hybridized carbons (Fsp3) is 0.917. The molecule has 3 N–H and O–H groups in total. The molecule has 6 nitrogen and oxygen atoms in total. The average molecular weight is 1100 g/mol. The predicted molar refractivity (Wildman–Crippen MR) is 343 cm³/mol. The number of hydrogen-bond donors (Lipinski definition) is 3. The molecule has 0 rings (SSSR count). The van der Waals surface area contributed by atoms with E-state index in [1.165, 1.54) is 334 Å². The summed E-state index contributed by atoms with van der Waals surface area (Å²) in [5, 5.41) is 23.0. The van der Waals surface area contributed by atoms with Crippen LogP contribution in [0.3, 0.4) is 0 Å². The number of hydrogen-bond acceptors (Lipinski definition) is 5. The Morgan fingerprint density at radius 1 is 0.346 bits per heavy atom. The highest BCUT2D eigenvalue weighted by atomic mass is 16.5. The van der Waals surface area contributed by atoms with Gasteiger partial charge in [0, 0.05) is 12.8 Å². The second-order valence-electron chi connectivity index (χ2n) is 24.6. The predicted octanol–water partition coefficient (Wildman–Crippen LogP) is 22.9. The first kappa shape index (κ1) is 76.3. The van der Waals surface area contributed by atoms with Crippen LogP contribution in [0, 0.1) is 0 Å². The van der Waals surface area contributed by atoms with Crippen LogP contribution in [0.2, 0.25) is 0 Å². The number of allylic oxidation sites excluding steroid dienone is 3. The van der Waals surface area contributed by atoms with Crippen LogP contribution >= 0.6 is 0 Å². The van der Waals surface area contributed by atoms with Crippen molar-refractivity contribution in [3.63, 3.8) is 0 Å². The van der Waals surface area contributed by atoms with Crippen LogP contribution in [0.4, 0.5) is 0 Å². The largest absolute Gasteiger partial charge is 0.466 e. The quantitative estimate of drug-likeness (QED) is 0.0320. The van der Waals surface area contributed by atoms with E-state index in [2.05, 4.69) is 31.3 Å². The number of rotatable bonds is 67. The lowest BCUT2D eigenvalue weighted by Gasteiger charge is -2.20. The number of carbonyl (C=O) groups is 2. The van der Waals surface area contributed by atoms with Crippen LogP contribution in [-0.2, 0) is 14.3 Å². The van der Waals surface area contributed by atoms with Gasteiger partial charge in [0.1, 0.15) is 0 Å². The van der Waals surface area contributed by atoms with Crippen molar-refractivity contribution < 1.29 is 24.5 Å². The Kier molecular flexibility index (Phi) is 66.4. The van der Waals surface area contributed by atoms with E-state index in [0.717, 1.165) is 38.5 Å². The summed E-state index contributed by atoms with van der Waals surface area (Å²) in [6, 6.07) is -0.622. The van der Waals surface area contributed by atoms with E-state index >= 15 is 0 Å². The lowest BCUT2D eigenvalue weighted by atomic mass is 10.0. The molecule has 78 heavy (non-hydrogen) atoms. The van der Waals surface area contributed by atoms with Gasteiger partial charge in [-0.15, -0.1) is 0 Å². The smallest absolute Gasteiger partial charge is 0.305 e. The van der Waals surface area contributed by atoms with Crippen LogP contribution in [-0.4, -0.2) is 47.4 Å². The summed E-state index contributed by atoms with van der Waals surface area (Å²) in [5.41, 5.74) is 0. The molecule has 2 atom stereocenters. The van der Waals surface area contributed by atoms with Gasteiger partial charge in [0.25, 0.3) is 0 Å². The van der Waals surface area contributed by atoms with Crippen molar-refractivity contribution in [2.45, 2.75) is 411 Å². The summed E-state index contributed by atoms with van der Waals surface area (Å²) in [6.45, 7) is 4.91. The minimum atomic E-state index is -0.839. The Morgan fingerprint density at radius 3 is 0.910 bits per heavy atom. The van der Waals surface area contributed by atoms with Gasteiger partial charge in [-0.2, -0.15) is 0 Å². The van der Waals surface area contributed by atoms with E-state index < -0.39 is 12.1 Å². The third-order valence-corrected chi connectivity index (χ3v) is 16.7. The van der Waals surface area contributed by atoms with Gasteiger partial charge in [-0.1, -0.05) is 353 Å². The Balaban J connectivity index is 3.29. The van der Waals surface area contributed by atoms with Crippen LogP contribution in [0.15, 0.2) is 24.3 Å². The molecule has 462 valence electrons. The van der Waals surface area contributed by atoms with E-state index in [4.69, 9.17) is 4.74 Å². The SMILES string of the molecule is CCCCCCCC/C=C\CCCCCCCCCCCC(=O)OCCCCCCCCCCCCCCCCCCCCCCCCCCCCCCCCCCC(=O)NC(CO)C(O)/C=C/CCCCCCCCCC. The Morgan fingerprint density at radius 2 is 0.603 bits per heavy atom.